The third-order valence-electron chi connectivity index (χ3n) is 7.21. The summed E-state index contributed by atoms with van der Waals surface area (Å²) in [5, 5.41) is 0. The molecule has 2 heteroatoms. The van der Waals surface area contributed by atoms with Crippen LogP contribution in [0.15, 0.2) is 48.5 Å². The maximum Gasteiger partial charge on any atom is 0.105 e. The first-order valence-electron chi connectivity index (χ1n) is 13.2. The zero-order chi connectivity index (χ0) is 25.8. The highest BCUT2D eigenvalue weighted by molar-refractivity contribution is 5.36. The van der Waals surface area contributed by atoms with Gasteiger partial charge in [0.25, 0.3) is 0 Å². The normalized spacial score (nSPS) is 14.9. The van der Waals surface area contributed by atoms with E-state index in [1.54, 1.807) is 0 Å². The summed E-state index contributed by atoms with van der Waals surface area (Å²) in [4.78, 5) is 12.9. The van der Waals surface area contributed by atoms with Gasteiger partial charge in [0.1, 0.15) is 11.2 Å². The van der Waals surface area contributed by atoms with Crippen LogP contribution >= 0.6 is 0 Å². The smallest absolute Gasteiger partial charge is 0.105 e. The van der Waals surface area contributed by atoms with Crippen LogP contribution in [0.5, 0.6) is 0 Å². The molecule has 0 aliphatic rings. The third-order valence-corrected chi connectivity index (χ3v) is 7.21. The number of rotatable bonds is 11. The summed E-state index contributed by atoms with van der Waals surface area (Å²) in [5.41, 5.74) is 4.53. The Morgan fingerprint density at radius 2 is 0.735 bits per heavy atom. The van der Waals surface area contributed by atoms with Crippen LogP contribution in [0.4, 0.5) is 0 Å². The van der Waals surface area contributed by atoms with Crippen molar-refractivity contribution in [3.8, 4) is 0 Å². The van der Waals surface area contributed by atoms with Crippen molar-refractivity contribution in [2.24, 2.45) is 11.8 Å². The molecule has 0 aliphatic heterocycles. The van der Waals surface area contributed by atoms with E-state index in [0.29, 0.717) is 23.7 Å². The van der Waals surface area contributed by atoms with Gasteiger partial charge in [-0.15, -0.1) is 0 Å². The summed E-state index contributed by atoms with van der Waals surface area (Å²) in [6.45, 7) is 26.9. The average Bonchev–Trinajstić information content (AvgIpc) is 2.72. The van der Waals surface area contributed by atoms with Gasteiger partial charge < -0.3 is 0 Å². The Kier molecular flexibility index (Phi) is 9.59. The molecular weight excluding hydrogens is 416 g/mol. The first-order chi connectivity index (χ1) is 15.7. The standard InChI is InChI=1S/C32H50O2/c1-21(2)25-17-13-15-19-27(25)29(23(5)6)31(9,10)33-34-32(11,12)30(24(7)8)28-20-16-14-18-26(28)22(3)4/h13-24,29-30H,1-12H3. The van der Waals surface area contributed by atoms with E-state index in [4.69, 9.17) is 9.78 Å². The van der Waals surface area contributed by atoms with E-state index in [2.05, 4.69) is 132 Å². The summed E-state index contributed by atoms with van der Waals surface area (Å²) in [5.74, 6) is 2.16. The number of benzene rings is 2. The molecule has 0 fully saturated rings. The molecule has 0 bridgehead atoms. The van der Waals surface area contributed by atoms with Crippen molar-refractivity contribution in [1.82, 2.24) is 0 Å². The van der Waals surface area contributed by atoms with Gasteiger partial charge in [0.2, 0.25) is 0 Å². The van der Waals surface area contributed by atoms with Crippen molar-refractivity contribution in [2.45, 2.75) is 118 Å². The molecular formula is C32H50O2. The highest BCUT2D eigenvalue weighted by Gasteiger charge is 2.42. The van der Waals surface area contributed by atoms with Gasteiger partial charge in [-0.25, -0.2) is 9.78 Å². The second-order valence-electron chi connectivity index (χ2n) is 12.4. The molecule has 0 aliphatic carbocycles. The molecule has 0 aromatic heterocycles. The Labute approximate surface area is 210 Å². The lowest BCUT2D eigenvalue weighted by atomic mass is 9.73. The van der Waals surface area contributed by atoms with Crippen LogP contribution in [-0.2, 0) is 9.78 Å². The molecule has 0 N–H and O–H groups in total. The predicted octanol–water partition coefficient (Wildman–Crippen LogP) is 9.62. The van der Waals surface area contributed by atoms with Crippen LogP contribution in [0, 0.1) is 11.8 Å². The van der Waals surface area contributed by atoms with Crippen LogP contribution in [0.1, 0.15) is 129 Å². The molecule has 0 saturated carbocycles. The van der Waals surface area contributed by atoms with E-state index in [1.165, 1.54) is 22.3 Å². The fourth-order valence-corrected chi connectivity index (χ4v) is 6.03. The molecule has 0 heterocycles. The number of hydrogen-bond acceptors (Lipinski definition) is 2. The van der Waals surface area contributed by atoms with Gasteiger partial charge >= 0.3 is 0 Å². The summed E-state index contributed by atoms with van der Waals surface area (Å²) in [6.07, 6.45) is 0. The topological polar surface area (TPSA) is 18.5 Å². The Balaban J connectivity index is 2.40. The lowest BCUT2D eigenvalue weighted by Gasteiger charge is -2.43. The molecule has 2 unspecified atom stereocenters. The van der Waals surface area contributed by atoms with Gasteiger partial charge in [0.15, 0.2) is 0 Å². The molecule has 2 rings (SSSR count). The molecule has 2 aromatic rings. The maximum absolute atomic E-state index is 6.46. The molecule has 34 heavy (non-hydrogen) atoms. The minimum absolute atomic E-state index is 0.211. The first-order valence-corrected chi connectivity index (χ1v) is 13.2. The second kappa shape index (κ2) is 11.4. The highest BCUT2D eigenvalue weighted by atomic mass is 17.2. The zero-order valence-corrected chi connectivity index (χ0v) is 23.9. The molecule has 190 valence electrons. The van der Waals surface area contributed by atoms with Crippen LogP contribution < -0.4 is 0 Å². The Bertz CT molecular complexity index is 829. The van der Waals surface area contributed by atoms with Crippen LogP contribution in [0.2, 0.25) is 0 Å². The van der Waals surface area contributed by atoms with Crippen molar-refractivity contribution in [3.05, 3.63) is 70.8 Å². The number of hydrogen-bond donors (Lipinski definition) is 0. The van der Waals surface area contributed by atoms with Gasteiger partial charge in [-0.1, -0.05) is 104 Å². The Morgan fingerprint density at radius 1 is 0.471 bits per heavy atom. The summed E-state index contributed by atoms with van der Waals surface area (Å²) >= 11 is 0. The molecule has 0 amide bonds. The first kappa shape index (κ1) is 28.6. The quantitative estimate of drug-likeness (QED) is 0.242. The average molecular weight is 467 g/mol. The minimum atomic E-state index is -0.491. The van der Waals surface area contributed by atoms with Crippen molar-refractivity contribution in [1.29, 1.82) is 0 Å². The minimum Gasteiger partial charge on any atom is -0.229 e. The Morgan fingerprint density at radius 3 is 0.971 bits per heavy atom. The largest absolute Gasteiger partial charge is 0.229 e. The molecule has 2 aromatic carbocycles. The van der Waals surface area contributed by atoms with Crippen molar-refractivity contribution < 1.29 is 9.78 Å². The summed E-state index contributed by atoms with van der Waals surface area (Å²) in [6, 6.07) is 17.6. The Hall–Kier alpha value is -1.64. The van der Waals surface area contributed by atoms with Gasteiger partial charge in [0, 0.05) is 11.8 Å². The lowest BCUT2D eigenvalue weighted by Crippen LogP contribution is -2.43. The fourth-order valence-electron chi connectivity index (χ4n) is 6.03. The highest BCUT2D eigenvalue weighted by Crippen LogP contribution is 2.44. The van der Waals surface area contributed by atoms with E-state index < -0.39 is 11.2 Å². The summed E-state index contributed by atoms with van der Waals surface area (Å²) in [7, 11) is 0. The van der Waals surface area contributed by atoms with E-state index in [0.717, 1.165) is 0 Å². The third kappa shape index (κ3) is 6.52. The lowest BCUT2D eigenvalue weighted by molar-refractivity contribution is -0.411. The van der Waals surface area contributed by atoms with Crippen LogP contribution in [0.25, 0.3) is 0 Å². The fraction of sp³-hybridized carbons (Fsp3) is 0.625. The molecule has 0 spiro atoms. The second-order valence-corrected chi connectivity index (χ2v) is 12.4. The van der Waals surface area contributed by atoms with Crippen LogP contribution in [-0.4, -0.2) is 11.2 Å². The summed E-state index contributed by atoms with van der Waals surface area (Å²) < 4.78 is 0. The van der Waals surface area contributed by atoms with Gasteiger partial charge in [-0.3, -0.25) is 0 Å². The van der Waals surface area contributed by atoms with Gasteiger partial charge in [0.05, 0.1) is 0 Å². The maximum atomic E-state index is 6.46. The van der Waals surface area contributed by atoms with Crippen LogP contribution in [0.3, 0.4) is 0 Å². The van der Waals surface area contributed by atoms with Crippen molar-refractivity contribution in [3.63, 3.8) is 0 Å². The van der Waals surface area contributed by atoms with Gasteiger partial charge in [-0.05, 0) is 73.6 Å². The molecule has 0 radical (unpaired) electrons. The van der Waals surface area contributed by atoms with E-state index in [9.17, 15) is 0 Å². The molecule has 2 atom stereocenters. The van der Waals surface area contributed by atoms with Gasteiger partial charge in [-0.2, -0.15) is 0 Å². The van der Waals surface area contributed by atoms with E-state index >= 15 is 0 Å². The molecule has 0 saturated heterocycles. The van der Waals surface area contributed by atoms with E-state index in [1.807, 2.05) is 0 Å². The van der Waals surface area contributed by atoms with Crippen molar-refractivity contribution >= 4 is 0 Å². The monoisotopic (exact) mass is 466 g/mol. The van der Waals surface area contributed by atoms with Crippen molar-refractivity contribution in [2.75, 3.05) is 0 Å². The van der Waals surface area contributed by atoms with E-state index in [-0.39, 0.29) is 11.8 Å². The molecule has 2 nitrogen and oxygen atoms in total. The zero-order valence-electron chi connectivity index (χ0n) is 23.9. The predicted molar refractivity (Wildman–Crippen MR) is 147 cm³/mol. The SMILES string of the molecule is CC(C)c1ccccc1C(C(C)C)C(C)(C)OOC(C)(C)C(c1ccccc1C(C)C)C(C)C.